The lowest BCUT2D eigenvalue weighted by Gasteiger charge is -1.95. The molecule has 0 bridgehead atoms. The summed E-state index contributed by atoms with van der Waals surface area (Å²) in [5.41, 5.74) is 0.994. The van der Waals surface area contributed by atoms with Crippen molar-refractivity contribution in [2.75, 3.05) is 0 Å². The SMILES string of the molecule is N#CCc1cccc2c(O)c(I)sc12. The van der Waals surface area contributed by atoms with Gasteiger partial charge in [-0.05, 0) is 34.2 Å². The smallest absolute Gasteiger partial charge is 0.147 e. The molecule has 14 heavy (non-hydrogen) atoms. The maximum Gasteiger partial charge on any atom is 0.147 e. The second-order valence-corrected chi connectivity index (χ2v) is 5.68. The second kappa shape index (κ2) is 3.75. The van der Waals surface area contributed by atoms with Gasteiger partial charge in [-0.3, -0.25) is 0 Å². The molecule has 0 radical (unpaired) electrons. The molecule has 2 nitrogen and oxygen atoms in total. The normalized spacial score (nSPS) is 10.3. The van der Waals surface area contributed by atoms with E-state index in [2.05, 4.69) is 28.7 Å². The van der Waals surface area contributed by atoms with Crippen LogP contribution in [0, 0.1) is 14.2 Å². The Hall–Kier alpha value is -0.800. The molecule has 0 aliphatic heterocycles. The van der Waals surface area contributed by atoms with E-state index in [-0.39, 0.29) is 0 Å². The van der Waals surface area contributed by atoms with Crippen LogP contribution in [0.3, 0.4) is 0 Å². The van der Waals surface area contributed by atoms with Crippen LogP contribution in [-0.2, 0) is 6.42 Å². The van der Waals surface area contributed by atoms with E-state index in [9.17, 15) is 5.11 Å². The third-order valence-corrected chi connectivity index (χ3v) is 4.23. The first-order valence-electron chi connectivity index (χ1n) is 4.00. The summed E-state index contributed by atoms with van der Waals surface area (Å²) >= 11 is 3.64. The zero-order valence-corrected chi connectivity index (χ0v) is 10.1. The number of halogens is 1. The predicted octanol–water partition coefficient (Wildman–Crippen LogP) is 3.28. The number of nitrogens with zero attached hydrogens (tertiary/aromatic N) is 1. The van der Waals surface area contributed by atoms with Gasteiger partial charge in [0, 0.05) is 10.1 Å². The van der Waals surface area contributed by atoms with Crippen LogP contribution in [0.2, 0.25) is 0 Å². The van der Waals surface area contributed by atoms with E-state index in [1.807, 2.05) is 18.2 Å². The average molecular weight is 315 g/mol. The van der Waals surface area contributed by atoms with E-state index in [0.29, 0.717) is 12.2 Å². The molecular formula is C10H6INOS. The molecule has 0 aliphatic rings. The Morgan fingerprint density at radius 3 is 3.00 bits per heavy atom. The fraction of sp³-hybridized carbons (Fsp3) is 0.100. The zero-order valence-electron chi connectivity index (χ0n) is 7.12. The monoisotopic (exact) mass is 315 g/mol. The van der Waals surface area contributed by atoms with Crippen molar-refractivity contribution < 1.29 is 5.11 Å². The van der Waals surface area contributed by atoms with E-state index in [1.165, 1.54) is 11.3 Å². The number of hydrogen-bond acceptors (Lipinski definition) is 3. The van der Waals surface area contributed by atoms with Gasteiger partial charge in [-0.2, -0.15) is 5.26 Å². The third-order valence-electron chi connectivity index (χ3n) is 2.00. The molecule has 0 spiro atoms. The van der Waals surface area contributed by atoms with E-state index in [1.54, 1.807) is 0 Å². The number of nitriles is 1. The van der Waals surface area contributed by atoms with Crippen molar-refractivity contribution in [3.8, 4) is 11.8 Å². The summed E-state index contributed by atoms with van der Waals surface area (Å²) in [6.07, 6.45) is 0.396. The second-order valence-electron chi connectivity index (χ2n) is 2.85. The Morgan fingerprint density at radius 2 is 2.29 bits per heavy atom. The van der Waals surface area contributed by atoms with Crippen LogP contribution >= 0.6 is 33.9 Å². The molecule has 70 valence electrons. The van der Waals surface area contributed by atoms with Crippen LogP contribution < -0.4 is 0 Å². The molecule has 0 saturated carbocycles. The lowest BCUT2D eigenvalue weighted by molar-refractivity contribution is 0.480. The van der Waals surface area contributed by atoms with Crippen molar-refractivity contribution in [3.05, 3.63) is 26.6 Å². The van der Waals surface area contributed by atoms with Gasteiger partial charge in [-0.1, -0.05) is 12.1 Å². The third kappa shape index (κ3) is 1.47. The van der Waals surface area contributed by atoms with Gasteiger partial charge in [0.1, 0.15) is 8.63 Å². The Labute approximate surface area is 98.9 Å². The average Bonchev–Trinajstić information content (AvgIpc) is 2.46. The highest BCUT2D eigenvalue weighted by Gasteiger charge is 2.11. The first-order valence-corrected chi connectivity index (χ1v) is 5.89. The minimum absolute atomic E-state index is 0.338. The van der Waals surface area contributed by atoms with Gasteiger partial charge in [-0.15, -0.1) is 11.3 Å². The summed E-state index contributed by atoms with van der Waals surface area (Å²) in [7, 11) is 0. The van der Waals surface area contributed by atoms with Gasteiger partial charge in [0.15, 0.2) is 0 Å². The summed E-state index contributed by atoms with van der Waals surface area (Å²) in [6.45, 7) is 0. The van der Waals surface area contributed by atoms with Crippen LogP contribution in [0.4, 0.5) is 0 Å². The Balaban J connectivity index is 2.76. The molecule has 2 rings (SSSR count). The minimum atomic E-state index is 0.338. The summed E-state index contributed by atoms with van der Waals surface area (Å²) in [5, 5.41) is 19.2. The first-order chi connectivity index (χ1) is 6.74. The van der Waals surface area contributed by atoms with Crippen LogP contribution in [0.5, 0.6) is 5.75 Å². The molecule has 0 saturated heterocycles. The van der Waals surface area contributed by atoms with Gasteiger partial charge in [0.2, 0.25) is 0 Å². The first kappa shape index (κ1) is 9.74. The molecule has 1 N–H and O–H groups in total. The molecule has 2 aromatic rings. The zero-order chi connectivity index (χ0) is 10.1. The van der Waals surface area contributed by atoms with Crippen LogP contribution in [0.1, 0.15) is 5.56 Å². The van der Waals surface area contributed by atoms with Gasteiger partial charge >= 0.3 is 0 Å². The molecule has 1 aromatic heterocycles. The molecule has 0 unspecified atom stereocenters. The van der Waals surface area contributed by atoms with Crippen molar-refractivity contribution in [3.63, 3.8) is 0 Å². The number of thiophene rings is 1. The van der Waals surface area contributed by atoms with Crippen molar-refractivity contribution >= 4 is 44.0 Å². The lowest BCUT2D eigenvalue weighted by Crippen LogP contribution is -1.79. The molecule has 1 aromatic carbocycles. The predicted molar refractivity (Wildman–Crippen MR) is 65.5 cm³/mol. The van der Waals surface area contributed by atoms with Crippen LogP contribution in [0.15, 0.2) is 18.2 Å². The standard InChI is InChI=1S/C10H6INOS/c11-10-8(13)7-3-1-2-6(4-5-12)9(7)14-10/h1-3,13H,4H2. The largest absolute Gasteiger partial charge is 0.505 e. The maximum atomic E-state index is 9.71. The number of aromatic hydroxyl groups is 1. The topological polar surface area (TPSA) is 44.0 Å². The van der Waals surface area contributed by atoms with Gasteiger partial charge in [0.25, 0.3) is 0 Å². The summed E-state index contributed by atoms with van der Waals surface area (Å²) < 4.78 is 1.90. The number of fused-ring (bicyclic) bond motifs is 1. The van der Waals surface area contributed by atoms with Gasteiger partial charge in [-0.25, -0.2) is 0 Å². The fourth-order valence-electron chi connectivity index (χ4n) is 1.36. The summed E-state index contributed by atoms with van der Waals surface area (Å²) in [4.78, 5) is 0. The lowest BCUT2D eigenvalue weighted by atomic mass is 10.1. The van der Waals surface area contributed by atoms with Crippen LogP contribution in [-0.4, -0.2) is 5.11 Å². The van der Waals surface area contributed by atoms with Crippen molar-refractivity contribution in [2.24, 2.45) is 0 Å². The minimum Gasteiger partial charge on any atom is -0.505 e. The Kier molecular flexibility index (Phi) is 2.61. The van der Waals surface area contributed by atoms with Crippen molar-refractivity contribution in [1.82, 2.24) is 0 Å². The molecule has 1 heterocycles. The number of rotatable bonds is 1. The highest BCUT2D eigenvalue weighted by atomic mass is 127. The molecule has 0 fully saturated rings. The highest BCUT2D eigenvalue weighted by molar-refractivity contribution is 14.1. The molecular weight excluding hydrogens is 309 g/mol. The molecule has 0 aliphatic carbocycles. The highest BCUT2D eigenvalue weighted by Crippen LogP contribution is 2.39. The number of benzene rings is 1. The van der Waals surface area contributed by atoms with E-state index < -0.39 is 0 Å². The maximum absolute atomic E-state index is 9.71. The van der Waals surface area contributed by atoms with E-state index >= 15 is 0 Å². The van der Waals surface area contributed by atoms with Gasteiger partial charge < -0.3 is 5.11 Å². The van der Waals surface area contributed by atoms with E-state index in [0.717, 1.165) is 18.5 Å². The molecule has 0 atom stereocenters. The molecule has 4 heteroatoms. The Bertz CT molecular complexity index is 527. The quantitative estimate of drug-likeness (QED) is 0.821. The summed E-state index contributed by atoms with van der Waals surface area (Å²) in [6, 6.07) is 7.81. The van der Waals surface area contributed by atoms with Crippen LogP contribution in [0.25, 0.3) is 10.1 Å². The van der Waals surface area contributed by atoms with Gasteiger partial charge in [0.05, 0.1) is 12.5 Å². The van der Waals surface area contributed by atoms with E-state index in [4.69, 9.17) is 5.26 Å². The molecule has 0 amide bonds. The number of hydrogen-bond donors (Lipinski definition) is 1. The summed E-state index contributed by atoms with van der Waals surface area (Å²) in [5.74, 6) is 0.338. The van der Waals surface area contributed by atoms with Crippen molar-refractivity contribution in [1.29, 1.82) is 5.26 Å². The Morgan fingerprint density at radius 1 is 1.50 bits per heavy atom. The fourth-order valence-corrected chi connectivity index (χ4v) is 3.24. The van der Waals surface area contributed by atoms with Crippen molar-refractivity contribution in [2.45, 2.75) is 6.42 Å².